The van der Waals surface area contributed by atoms with Crippen molar-refractivity contribution in [2.45, 2.75) is 13.0 Å². The number of hydrogen-bond acceptors (Lipinski definition) is 4. The summed E-state index contributed by atoms with van der Waals surface area (Å²) in [5, 5.41) is 3.59. The number of fused-ring (bicyclic) bond motifs is 1. The third-order valence-corrected chi connectivity index (χ3v) is 5.89. The highest BCUT2D eigenvalue weighted by Gasteiger charge is 2.18. The molecule has 0 aliphatic heterocycles. The van der Waals surface area contributed by atoms with Gasteiger partial charge in [-0.3, -0.25) is 4.79 Å². The first-order valence-electron chi connectivity index (χ1n) is 11.8. The van der Waals surface area contributed by atoms with E-state index in [1.807, 2.05) is 84.9 Å². The first kappa shape index (κ1) is 23.2. The number of carbonyl (C=O) groups is 1. The van der Waals surface area contributed by atoms with E-state index in [9.17, 15) is 9.18 Å². The molecule has 1 aromatic heterocycles. The Hall–Kier alpha value is -4.58. The maximum atomic E-state index is 14.0. The summed E-state index contributed by atoms with van der Waals surface area (Å²) in [7, 11) is 0. The summed E-state index contributed by atoms with van der Waals surface area (Å²) in [4.78, 5) is 24.6. The molecule has 0 aliphatic carbocycles. The van der Waals surface area contributed by atoms with Gasteiger partial charge in [-0.15, -0.1) is 0 Å². The summed E-state index contributed by atoms with van der Waals surface area (Å²) in [6, 6.07) is 34.0. The van der Waals surface area contributed by atoms with Gasteiger partial charge in [0, 0.05) is 30.5 Å². The number of rotatable bonds is 8. The van der Waals surface area contributed by atoms with E-state index in [0.717, 1.165) is 27.8 Å². The zero-order valence-corrected chi connectivity index (χ0v) is 19.6. The first-order valence-corrected chi connectivity index (χ1v) is 11.8. The number of benzene rings is 4. The first-order chi connectivity index (χ1) is 17.7. The van der Waals surface area contributed by atoms with Gasteiger partial charge in [-0.2, -0.15) is 0 Å². The van der Waals surface area contributed by atoms with Crippen molar-refractivity contribution in [3.63, 3.8) is 0 Å². The van der Waals surface area contributed by atoms with E-state index >= 15 is 0 Å². The highest BCUT2D eigenvalue weighted by atomic mass is 19.1. The molecule has 5 nitrogen and oxygen atoms in total. The van der Waals surface area contributed by atoms with Crippen LogP contribution >= 0.6 is 0 Å². The maximum absolute atomic E-state index is 14.0. The number of carbonyl (C=O) groups excluding carboxylic acids is 1. The van der Waals surface area contributed by atoms with Gasteiger partial charge in [0.2, 0.25) is 5.91 Å². The number of hydrogen-bond donors (Lipinski definition) is 1. The fourth-order valence-corrected chi connectivity index (χ4v) is 4.09. The Kier molecular flexibility index (Phi) is 6.94. The largest absolute Gasteiger partial charge is 0.351 e. The summed E-state index contributed by atoms with van der Waals surface area (Å²) in [6.45, 7) is 0.952. The van der Waals surface area contributed by atoms with E-state index in [-0.39, 0.29) is 18.0 Å². The number of nitrogens with zero attached hydrogens (tertiary/aromatic N) is 3. The molecule has 0 fully saturated rings. The van der Waals surface area contributed by atoms with Gasteiger partial charge in [-0.05, 0) is 29.8 Å². The van der Waals surface area contributed by atoms with Crippen molar-refractivity contribution < 1.29 is 9.18 Å². The molecule has 1 heterocycles. The molecular weight excluding hydrogens is 451 g/mol. The SMILES string of the molecule is O=C(CCN(Cc1ccccc1)c1nc(-c2ccccc2)nc2ccccc12)Nc1ccccc1F. The molecular formula is C30H25FN4O. The predicted molar refractivity (Wildman–Crippen MR) is 142 cm³/mol. The number of halogens is 1. The van der Waals surface area contributed by atoms with Gasteiger partial charge in [0.15, 0.2) is 5.82 Å². The molecule has 0 unspecified atom stereocenters. The molecule has 0 aliphatic rings. The molecule has 0 bridgehead atoms. The van der Waals surface area contributed by atoms with Crippen molar-refractivity contribution in [3.05, 3.63) is 121 Å². The molecule has 6 heteroatoms. The van der Waals surface area contributed by atoms with Crippen LogP contribution in [0.5, 0.6) is 0 Å². The second-order valence-corrected chi connectivity index (χ2v) is 8.44. The van der Waals surface area contributed by atoms with Crippen LogP contribution in [0.15, 0.2) is 109 Å². The van der Waals surface area contributed by atoms with Crippen LogP contribution in [-0.2, 0) is 11.3 Å². The molecule has 1 N–H and O–H groups in total. The van der Waals surface area contributed by atoms with Crippen LogP contribution in [0.25, 0.3) is 22.3 Å². The quantitative estimate of drug-likeness (QED) is 0.279. The molecule has 0 saturated carbocycles. The summed E-state index contributed by atoms with van der Waals surface area (Å²) in [5.74, 6) is 0.654. The normalized spacial score (nSPS) is 10.8. The summed E-state index contributed by atoms with van der Waals surface area (Å²) in [5.41, 5.74) is 3.02. The summed E-state index contributed by atoms with van der Waals surface area (Å²) >= 11 is 0. The van der Waals surface area contributed by atoms with Gasteiger partial charge in [-0.1, -0.05) is 84.9 Å². The monoisotopic (exact) mass is 476 g/mol. The van der Waals surface area contributed by atoms with Crippen molar-refractivity contribution in [1.29, 1.82) is 0 Å². The second kappa shape index (κ2) is 10.8. The highest BCUT2D eigenvalue weighted by Crippen LogP contribution is 2.29. The predicted octanol–water partition coefficient (Wildman–Crippen LogP) is 6.47. The Bertz CT molecular complexity index is 1470. The zero-order valence-electron chi connectivity index (χ0n) is 19.6. The number of aromatic nitrogens is 2. The number of amides is 1. The Morgan fingerprint density at radius 3 is 2.22 bits per heavy atom. The lowest BCUT2D eigenvalue weighted by atomic mass is 10.1. The van der Waals surface area contributed by atoms with Crippen molar-refractivity contribution in [1.82, 2.24) is 9.97 Å². The van der Waals surface area contributed by atoms with Crippen LogP contribution in [0.4, 0.5) is 15.9 Å². The fourth-order valence-electron chi connectivity index (χ4n) is 4.09. The van der Waals surface area contributed by atoms with Gasteiger partial charge in [-0.25, -0.2) is 14.4 Å². The third-order valence-electron chi connectivity index (χ3n) is 5.89. The highest BCUT2D eigenvalue weighted by molar-refractivity contribution is 5.93. The van der Waals surface area contributed by atoms with Crippen molar-refractivity contribution in [2.24, 2.45) is 0 Å². The van der Waals surface area contributed by atoms with E-state index in [0.29, 0.717) is 18.9 Å². The number of anilines is 2. The van der Waals surface area contributed by atoms with E-state index in [1.165, 1.54) is 6.07 Å². The molecule has 178 valence electrons. The fraction of sp³-hybridized carbons (Fsp3) is 0.100. The molecule has 0 radical (unpaired) electrons. The van der Waals surface area contributed by atoms with Crippen LogP contribution in [0.3, 0.4) is 0 Å². The van der Waals surface area contributed by atoms with E-state index in [2.05, 4.69) is 10.2 Å². The van der Waals surface area contributed by atoms with Crippen LogP contribution < -0.4 is 10.2 Å². The summed E-state index contributed by atoms with van der Waals surface area (Å²) in [6.07, 6.45) is 0.167. The average molecular weight is 477 g/mol. The Morgan fingerprint density at radius 2 is 1.44 bits per heavy atom. The Labute approximate surface area is 209 Å². The molecule has 5 rings (SSSR count). The minimum Gasteiger partial charge on any atom is -0.351 e. The standard InChI is InChI=1S/C30H25FN4O/c31-25-16-8-10-18-27(25)32-28(36)19-20-35(21-22-11-3-1-4-12-22)30-24-15-7-9-17-26(24)33-29(34-30)23-13-5-2-6-14-23/h1-18H,19-21H2,(H,32,36). The third kappa shape index (κ3) is 5.39. The lowest BCUT2D eigenvalue weighted by molar-refractivity contribution is -0.116. The topological polar surface area (TPSA) is 58.1 Å². The number of para-hydroxylation sites is 2. The van der Waals surface area contributed by atoms with Crippen LogP contribution in [-0.4, -0.2) is 22.4 Å². The molecule has 4 aromatic carbocycles. The van der Waals surface area contributed by atoms with E-state index < -0.39 is 5.82 Å². The van der Waals surface area contributed by atoms with Crippen LogP contribution in [0.2, 0.25) is 0 Å². The van der Waals surface area contributed by atoms with Crippen LogP contribution in [0, 0.1) is 5.82 Å². The molecule has 5 aromatic rings. The molecule has 0 spiro atoms. The molecule has 0 saturated heterocycles. The van der Waals surface area contributed by atoms with Gasteiger partial charge in [0.25, 0.3) is 0 Å². The smallest absolute Gasteiger partial charge is 0.226 e. The minimum atomic E-state index is -0.457. The van der Waals surface area contributed by atoms with Crippen LogP contribution in [0.1, 0.15) is 12.0 Å². The molecule has 1 amide bonds. The van der Waals surface area contributed by atoms with Crippen molar-refractivity contribution in [3.8, 4) is 11.4 Å². The van der Waals surface area contributed by atoms with Gasteiger partial charge >= 0.3 is 0 Å². The average Bonchev–Trinajstić information content (AvgIpc) is 2.93. The maximum Gasteiger partial charge on any atom is 0.226 e. The Morgan fingerprint density at radius 1 is 0.778 bits per heavy atom. The molecule has 0 atom stereocenters. The van der Waals surface area contributed by atoms with Gasteiger partial charge in [0.1, 0.15) is 11.6 Å². The second-order valence-electron chi connectivity index (χ2n) is 8.44. The molecule has 36 heavy (non-hydrogen) atoms. The van der Waals surface area contributed by atoms with E-state index in [1.54, 1.807) is 18.2 Å². The van der Waals surface area contributed by atoms with Crippen molar-refractivity contribution >= 4 is 28.3 Å². The summed E-state index contributed by atoms with van der Waals surface area (Å²) < 4.78 is 14.0. The van der Waals surface area contributed by atoms with E-state index in [4.69, 9.17) is 9.97 Å². The lowest BCUT2D eigenvalue weighted by Gasteiger charge is -2.25. The van der Waals surface area contributed by atoms with Gasteiger partial charge in [0.05, 0.1) is 11.2 Å². The Balaban J connectivity index is 1.49. The lowest BCUT2D eigenvalue weighted by Crippen LogP contribution is -2.29. The van der Waals surface area contributed by atoms with Crippen molar-refractivity contribution in [2.75, 3.05) is 16.8 Å². The zero-order chi connectivity index (χ0) is 24.7. The number of nitrogens with one attached hydrogen (secondary N) is 1. The minimum absolute atomic E-state index is 0.167. The van der Waals surface area contributed by atoms with Gasteiger partial charge < -0.3 is 10.2 Å².